The lowest BCUT2D eigenvalue weighted by Gasteiger charge is -2.60. The highest BCUT2D eigenvalue weighted by Gasteiger charge is 2.53. The highest BCUT2D eigenvalue weighted by Crippen LogP contribution is 2.50. The van der Waals surface area contributed by atoms with Gasteiger partial charge in [0.15, 0.2) is 0 Å². The summed E-state index contributed by atoms with van der Waals surface area (Å²) in [6.07, 6.45) is 9.26. The fraction of sp³-hybridized carbons (Fsp3) is 0.366. The molecule has 4 aromatic rings. The summed E-state index contributed by atoms with van der Waals surface area (Å²) in [7, 11) is 0. The summed E-state index contributed by atoms with van der Waals surface area (Å²) in [5.74, 6) is -2.25. The van der Waals surface area contributed by atoms with Crippen LogP contribution in [-0.4, -0.2) is 92.6 Å². The topological polar surface area (TPSA) is 178 Å². The van der Waals surface area contributed by atoms with E-state index in [0.29, 0.717) is 12.1 Å². The van der Waals surface area contributed by atoms with E-state index >= 15 is 0 Å². The molecule has 1 aromatic carbocycles. The number of hydrogen-bond acceptors (Lipinski definition) is 10. The van der Waals surface area contributed by atoms with Gasteiger partial charge in [0.1, 0.15) is 11.7 Å². The second-order valence-electron chi connectivity index (χ2n) is 15.5. The molecule has 14 nitrogen and oxygen atoms in total. The number of fused-ring (bicyclic) bond motifs is 2. The maximum absolute atomic E-state index is 13.3. The van der Waals surface area contributed by atoms with Gasteiger partial charge < -0.3 is 15.2 Å². The number of aromatic amines is 1. The summed E-state index contributed by atoms with van der Waals surface area (Å²) in [6.45, 7) is 5.88. The monoisotopic (exact) mass is 740 g/mol. The van der Waals surface area contributed by atoms with Crippen molar-refractivity contribution in [1.82, 2.24) is 35.4 Å². The number of carbonyl (C=O) groups is 5. The molecule has 0 radical (unpaired) electrons. The first kappa shape index (κ1) is 34.7. The van der Waals surface area contributed by atoms with Crippen LogP contribution in [0.3, 0.4) is 0 Å². The predicted molar refractivity (Wildman–Crippen MR) is 202 cm³/mol. The summed E-state index contributed by atoms with van der Waals surface area (Å²) in [4.78, 5) is 93.2. The Morgan fingerprint density at radius 1 is 0.945 bits per heavy atom. The molecule has 0 bridgehead atoms. The fourth-order valence-electron chi connectivity index (χ4n) is 8.82. The molecule has 1 unspecified atom stereocenters. The van der Waals surface area contributed by atoms with Crippen molar-refractivity contribution in [2.45, 2.75) is 64.1 Å². The van der Waals surface area contributed by atoms with Crippen LogP contribution in [0.25, 0.3) is 16.6 Å². The molecule has 7 heterocycles. The van der Waals surface area contributed by atoms with E-state index in [1.165, 1.54) is 5.57 Å². The van der Waals surface area contributed by atoms with Gasteiger partial charge in [0.05, 0.1) is 22.2 Å². The predicted octanol–water partition coefficient (Wildman–Crippen LogP) is 2.97. The first-order chi connectivity index (χ1) is 26.6. The summed E-state index contributed by atoms with van der Waals surface area (Å²) in [6, 6.07) is 11.9. The molecule has 280 valence electrons. The molecule has 9 rings (SSSR count). The highest BCUT2D eigenvalue weighted by molar-refractivity contribution is 6.23. The zero-order chi connectivity index (χ0) is 38.0. The Balaban J connectivity index is 0.748. The average molecular weight is 741 g/mol. The summed E-state index contributed by atoms with van der Waals surface area (Å²) < 4.78 is 0. The lowest BCUT2D eigenvalue weighted by atomic mass is 9.60. The Hall–Kier alpha value is -6.02. The number of piperidine rings is 1. The summed E-state index contributed by atoms with van der Waals surface area (Å²) >= 11 is 0. The number of carbonyl (C=O) groups excluding carboxylic acids is 5. The van der Waals surface area contributed by atoms with Crippen molar-refractivity contribution in [2.24, 2.45) is 5.41 Å². The van der Waals surface area contributed by atoms with Gasteiger partial charge in [-0.05, 0) is 85.2 Å². The van der Waals surface area contributed by atoms with E-state index in [-0.39, 0.29) is 46.9 Å². The van der Waals surface area contributed by atoms with Crippen LogP contribution in [-0.2, 0) is 22.6 Å². The molecule has 1 saturated carbocycles. The Morgan fingerprint density at radius 3 is 2.49 bits per heavy atom. The molecule has 1 atom stereocenters. The van der Waals surface area contributed by atoms with Crippen LogP contribution >= 0.6 is 0 Å². The minimum absolute atomic E-state index is 0.0522. The standard InChI is InChI=1S/C41H40N8O6/c1-2-24-14-32-33(45-36(24)51)13-23(18-42-32)20-47-11-9-25(10-12-47)26-3-6-31(43-19-26)37(52)44-27-16-41(17-27)21-48(22-41)28-4-5-29-30(15-28)40(55)49(39(29)54)34-7-8-35(50)46-38(34)53/h3-6,9,13-15,18-19,27,34H,2,7-8,10-12,16-17,20-22H2,1H3,(H,44,52)(H,45,51)(H,46,50,53). The second kappa shape index (κ2) is 13.4. The van der Waals surface area contributed by atoms with Crippen molar-refractivity contribution < 1.29 is 24.0 Å². The van der Waals surface area contributed by atoms with Crippen molar-refractivity contribution in [3.8, 4) is 0 Å². The van der Waals surface area contributed by atoms with E-state index < -0.39 is 29.7 Å². The largest absolute Gasteiger partial charge is 0.370 e. The molecule has 14 heteroatoms. The van der Waals surface area contributed by atoms with Gasteiger partial charge >= 0.3 is 0 Å². The first-order valence-electron chi connectivity index (χ1n) is 18.9. The van der Waals surface area contributed by atoms with Crippen LogP contribution in [0.5, 0.6) is 0 Å². The zero-order valence-corrected chi connectivity index (χ0v) is 30.4. The quantitative estimate of drug-likeness (QED) is 0.228. The van der Waals surface area contributed by atoms with Gasteiger partial charge in [-0.25, -0.2) is 0 Å². The number of nitrogens with one attached hydrogen (secondary N) is 3. The normalized spacial score (nSPS) is 21.0. The second-order valence-corrected chi connectivity index (χ2v) is 15.5. The van der Waals surface area contributed by atoms with Gasteiger partial charge in [0.2, 0.25) is 11.8 Å². The molecular formula is C41H40N8O6. The maximum atomic E-state index is 13.3. The number of benzene rings is 1. The number of imide groups is 2. The zero-order valence-electron chi connectivity index (χ0n) is 30.4. The minimum Gasteiger partial charge on any atom is -0.370 e. The van der Waals surface area contributed by atoms with Gasteiger partial charge in [-0.15, -0.1) is 0 Å². The van der Waals surface area contributed by atoms with Gasteiger partial charge in [-0.2, -0.15) is 0 Å². The Bertz CT molecular complexity index is 2390. The van der Waals surface area contributed by atoms with Gasteiger partial charge in [0.25, 0.3) is 23.3 Å². The molecule has 55 heavy (non-hydrogen) atoms. The Kier molecular flexibility index (Phi) is 8.45. The lowest BCUT2D eigenvalue weighted by Crippen LogP contribution is -2.66. The van der Waals surface area contributed by atoms with Crippen molar-refractivity contribution >= 4 is 51.8 Å². The number of rotatable bonds is 8. The van der Waals surface area contributed by atoms with E-state index in [4.69, 9.17) is 0 Å². The molecule has 1 spiro atoms. The average Bonchev–Trinajstić information content (AvgIpc) is 3.40. The molecule has 5 amide bonds. The first-order valence-corrected chi connectivity index (χ1v) is 18.9. The molecular weight excluding hydrogens is 701 g/mol. The third-order valence-electron chi connectivity index (χ3n) is 11.8. The number of pyridine rings is 3. The van der Waals surface area contributed by atoms with Crippen molar-refractivity contribution in [1.29, 1.82) is 0 Å². The van der Waals surface area contributed by atoms with E-state index in [1.807, 2.05) is 37.4 Å². The van der Waals surface area contributed by atoms with Gasteiger partial charge in [0, 0.05) is 74.2 Å². The molecule has 3 aromatic heterocycles. The van der Waals surface area contributed by atoms with E-state index in [2.05, 4.69) is 41.5 Å². The summed E-state index contributed by atoms with van der Waals surface area (Å²) in [5.41, 5.74) is 7.31. The maximum Gasteiger partial charge on any atom is 0.270 e. The number of aryl methyl sites for hydroxylation is 1. The molecule has 3 fully saturated rings. The Morgan fingerprint density at radius 2 is 1.76 bits per heavy atom. The number of nitrogens with zero attached hydrogens (tertiary/aromatic N) is 5. The number of H-pyrrole nitrogens is 1. The molecule has 5 aliphatic rings. The fourth-order valence-corrected chi connectivity index (χ4v) is 8.82. The van der Waals surface area contributed by atoms with Crippen molar-refractivity contribution in [2.75, 3.05) is 31.1 Å². The van der Waals surface area contributed by atoms with Crippen molar-refractivity contribution in [3.63, 3.8) is 0 Å². The highest BCUT2D eigenvalue weighted by atomic mass is 16.2. The number of anilines is 1. The van der Waals surface area contributed by atoms with Crippen LogP contribution in [0.1, 0.15) is 86.9 Å². The molecule has 3 N–H and O–H groups in total. The summed E-state index contributed by atoms with van der Waals surface area (Å²) in [5, 5.41) is 5.36. The number of aromatic nitrogens is 3. The smallest absolute Gasteiger partial charge is 0.270 e. The van der Waals surface area contributed by atoms with Crippen LogP contribution < -0.4 is 21.1 Å². The van der Waals surface area contributed by atoms with Gasteiger partial charge in [-0.1, -0.05) is 19.1 Å². The molecule has 4 aliphatic heterocycles. The Labute approximate surface area is 316 Å². The lowest BCUT2D eigenvalue weighted by molar-refractivity contribution is -0.136. The number of amides is 5. The minimum atomic E-state index is -0.992. The number of hydrogen-bond donors (Lipinski definition) is 3. The third kappa shape index (κ3) is 6.29. The van der Waals surface area contributed by atoms with Crippen LogP contribution in [0.4, 0.5) is 5.69 Å². The van der Waals surface area contributed by atoms with Crippen molar-refractivity contribution in [3.05, 3.63) is 105 Å². The molecule has 1 aliphatic carbocycles. The van der Waals surface area contributed by atoms with E-state index in [9.17, 15) is 28.8 Å². The SMILES string of the molecule is CCc1cc2ncc(CN3CC=C(c4ccc(C(=O)NC5CC6(C5)CN(c5ccc7c(c5)C(=O)N(C5CCC(=O)NC5=O)C7=O)C6)nc4)CC3)cc2[nH]c1=O. The van der Waals surface area contributed by atoms with E-state index in [0.717, 1.165) is 90.3 Å². The van der Waals surface area contributed by atoms with E-state index in [1.54, 1.807) is 24.4 Å². The van der Waals surface area contributed by atoms with Crippen LogP contribution in [0.2, 0.25) is 0 Å². The van der Waals surface area contributed by atoms with Crippen LogP contribution in [0.15, 0.2) is 65.7 Å². The van der Waals surface area contributed by atoms with Crippen LogP contribution in [0, 0.1) is 5.41 Å². The van der Waals surface area contributed by atoms with Gasteiger partial charge in [-0.3, -0.25) is 53.9 Å². The molecule has 2 saturated heterocycles. The third-order valence-corrected chi connectivity index (χ3v) is 11.8.